The predicted octanol–water partition coefficient (Wildman–Crippen LogP) is 4.23. The van der Waals surface area contributed by atoms with E-state index in [1.54, 1.807) is 16.6 Å². The van der Waals surface area contributed by atoms with Gasteiger partial charge in [-0.3, -0.25) is 14.9 Å². The SMILES string of the molecule is C[C@]12CCC3C(CC[C@H]4NC(=O)CC[C@]34C)C1Cc1c2nc2ncnn2c1-c1cccc([N+](=O)[O-])c1. The quantitative estimate of drug-likeness (QED) is 0.428. The van der Waals surface area contributed by atoms with Gasteiger partial charge in [0, 0.05) is 41.1 Å². The van der Waals surface area contributed by atoms with Gasteiger partial charge in [0.25, 0.3) is 11.5 Å². The van der Waals surface area contributed by atoms with Gasteiger partial charge in [0.1, 0.15) is 6.33 Å². The zero-order valence-electron chi connectivity index (χ0n) is 20.6. The Morgan fingerprint density at radius 2 is 2.03 bits per heavy atom. The second kappa shape index (κ2) is 7.33. The molecule has 3 aliphatic carbocycles. The molecular formula is C27H30N6O3. The summed E-state index contributed by atoms with van der Waals surface area (Å²) in [6.45, 7) is 4.78. The molecular weight excluding hydrogens is 456 g/mol. The van der Waals surface area contributed by atoms with Gasteiger partial charge in [-0.25, -0.2) is 4.98 Å². The van der Waals surface area contributed by atoms with Crippen LogP contribution in [-0.2, 0) is 16.6 Å². The Hall–Kier alpha value is -3.36. The number of carbonyl (C=O) groups excluding carboxylic acids is 1. The molecule has 186 valence electrons. The smallest absolute Gasteiger partial charge is 0.270 e. The number of nitrogens with zero attached hydrogens (tertiary/aromatic N) is 5. The number of rotatable bonds is 2. The van der Waals surface area contributed by atoms with Crippen LogP contribution < -0.4 is 5.32 Å². The lowest BCUT2D eigenvalue weighted by Gasteiger charge is -2.59. The van der Waals surface area contributed by atoms with E-state index in [2.05, 4.69) is 29.2 Å². The Bertz CT molecular complexity index is 1430. The highest BCUT2D eigenvalue weighted by molar-refractivity contribution is 5.77. The van der Waals surface area contributed by atoms with Crippen LogP contribution in [0.2, 0.25) is 0 Å². The number of amides is 1. The van der Waals surface area contributed by atoms with E-state index >= 15 is 0 Å². The van der Waals surface area contributed by atoms with Crippen molar-refractivity contribution in [3.8, 4) is 11.3 Å². The van der Waals surface area contributed by atoms with Crippen molar-refractivity contribution in [3.63, 3.8) is 0 Å². The van der Waals surface area contributed by atoms with Gasteiger partial charge in [-0.1, -0.05) is 26.0 Å². The van der Waals surface area contributed by atoms with Crippen molar-refractivity contribution in [3.05, 3.63) is 52.0 Å². The summed E-state index contributed by atoms with van der Waals surface area (Å²) in [4.78, 5) is 32.8. The van der Waals surface area contributed by atoms with Crippen molar-refractivity contribution in [2.75, 3.05) is 0 Å². The molecule has 1 aromatic carbocycles. The molecule has 3 fully saturated rings. The number of piperidine rings is 1. The number of nitrogens with one attached hydrogen (secondary N) is 1. The number of non-ortho nitro benzene ring substituents is 1. The second-order valence-corrected chi connectivity index (χ2v) is 11.8. The minimum Gasteiger partial charge on any atom is -0.353 e. The first-order valence-corrected chi connectivity index (χ1v) is 13.1. The van der Waals surface area contributed by atoms with Crippen molar-refractivity contribution in [2.45, 2.75) is 70.3 Å². The minimum atomic E-state index is -0.350. The largest absolute Gasteiger partial charge is 0.353 e. The van der Waals surface area contributed by atoms with Crippen LogP contribution in [0.3, 0.4) is 0 Å². The third-order valence-electron chi connectivity index (χ3n) is 10.3. The number of hydrogen-bond acceptors (Lipinski definition) is 6. The summed E-state index contributed by atoms with van der Waals surface area (Å²) in [6.07, 6.45) is 8.31. The lowest BCUT2D eigenvalue weighted by Crippen LogP contribution is -2.61. The van der Waals surface area contributed by atoms with E-state index in [0.29, 0.717) is 30.0 Å². The van der Waals surface area contributed by atoms with E-state index in [1.807, 2.05) is 6.07 Å². The van der Waals surface area contributed by atoms with Crippen LogP contribution in [-0.4, -0.2) is 36.5 Å². The Kier molecular flexibility index (Phi) is 4.46. The molecule has 0 radical (unpaired) electrons. The molecule has 7 rings (SSSR count). The molecule has 36 heavy (non-hydrogen) atoms. The van der Waals surface area contributed by atoms with Gasteiger partial charge in [-0.05, 0) is 61.7 Å². The summed E-state index contributed by atoms with van der Waals surface area (Å²) in [7, 11) is 0. The number of benzene rings is 1. The van der Waals surface area contributed by atoms with Gasteiger partial charge in [0.15, 0.2) is 0 Å². The Labute approximate surface area is 208 Å². The Balaban J connectivity index is 1.35. The average molecular weight is 487 g/mol. The van der Waals surface area contributed by atoms with Crippen molar-refractivity contribution in [1.82, 2.24) is 24.9 Å². The van der Waals surface area contributed by atoms with Crippen LogP contribution in [0.1, 0.15) is 63.6 Å². The molecule has 3 unspecified atom stereocenters. The molecule has 1 saturated heterocycles. The molecule has 9 nitrogen and oxygen atoms in total. The van der Waals surface area contributed by atoms with Gasteiger partial charge in [-0.2, -0.15) is 14.6 Å². The standard InChI is InChI=1S/C27H30N6O3/c1-26-11-9-22(34)30-21(26)7-6-17-19(26)8-10-27(2)20(17)13-18-23(15-4-3-5-16(12-15)33(35)36)32-25(28-14-29-32)31-24(18)27/h3-5,12,14,17,19-21H,6-11,13H2,1-2H3,(H,30,34)/t17?,19?,20?,21-,26-,27+/m1/s1. The van der Waals surface area contributed by atoms with Crippen LogP contribution in [0.15, 0.2) is 30.6 Å². The third-order valence-corrected chi connectivity index (χ3v) is 10.3. The van der Waals surface area contributed by atoms with Crippen molar-refractivity contribution < 1.29 is 9.72 Å². The molecule has 1 aliphatic heterocycles. The highest BCUT2D eigenvalue weighted by Crippen LogP contribution is 2.63. The fourth-order valence-electron chi connectivity index (χ4n) is 8.52. The molecule has 2 aromatic heterocycles. The number of carbonyl (C=O) groups is 1. The first kappa shape index (κ1) is 21.9. The maximum atomic E-state index is 12.2. The molecule has 6 atom stereocenters. The normalized spacial score (nSPS) is 34.9. The van der Waals surface area contributed by atoms with E-state index in [0.717, 1.165) is 61.0 Å². The van der Waals surface area contributed by atoms with Crippen molar-refractivity contribution >= 4 is 17.4 Å². The molecule has 4 aliphatic rings. The van der Waals surface area contributed by atoms with Crippen LogP contribution >= 0.6 is 0 Å². The highest BCUT2D eigenvalue weighted by atomic mass is 16.6. The van der Waals surface area contributed by atoms with E-state index < -0.39 is 0 Å². The van der Waals surface area contributed by atoms with Gasteiger partial charge in [-0.15, -0.1) is 0 Å². The fourth-order valence-corrected chi connectivity index (χ4v) is 8.52. The van der Waals surface area contributed by atoms with Crippen LogP contribution in [0, 0.1) is 33.3 Å². The number of hydrogen-bond donors (Lipinski definition) is 1. The van der Waals surface area contributed by atoms with E-state index in [9.17, 15) is 14.9 Å². The summed E-state index contributed by atoms with van der Waals surface area (Å²) < 4.78 is 1.75. The molecule has 0 spiro atoms. The molecule has 3 heterocycles. The summed E-state index contributed by atoms with van der Waals surface area (Å²) >= 11 is 0. The van der Waals surface area contributed by atoms with Gasteiger partial charge in [0.05, 0.1) is 16.3 Å². The number of aromatic nitrogens is 4. The molecule has 1 N–H and O–H groups in total. The fraction of sp³-hybridized carbons (Fsp3) is 0.556. The van der Waals surface area contributed by atoms with E-state index in [4.69, 9.17) is 4.98 Å². The van der Waals surface area contributed by atoms with Gasteiger partial charge >= 0.3 is 0 Å². The molecule has 3 aromatic rings. The summed E-state index contributed by atoms with van der Waals surface area (Å²) in [5.41, 5.74) is 4.05. The van der Waals surface area contributed by atoms with Gasteiger partial charge in [0.2, 0.25) is 5.91 Å². The lowest BCUT2D eigenvalue weighted by molar-refractivity contribution is -0.384. The molecule has 0 bridgehead atoms. The number of nitro groups is 1. The first-order valence-electron chi connectivity index (χ1n) is 13.1. The Morgan fingerprint density at radius 1 is 1.17 bits per heavy atom. The van der Waals surface area contributed by atoms with Crippen molar-refractivity contribution in [1.29, 1.82) is 0 Å². The Morgan fingerprint density at radius 3 is 2.86 bits per heavy atom. The van der Waals surface area contributed by atoms with Crippen LogP contribution in [0.5, 0.6) is 0 Å². The average Bonchev–Trinajstić information content (AvgIpc) is 3.45. The summed E-state index contributed by atoms with van der Waals surface area (Å²) in [5.74, 6) is 2.33. The summed E-state index contributed by atoms with van der Waals surface area (Å²) in [5, 5.41) is 19.3. The molecule has 2 saturated carbocycles. The number of nitro benzene ring substituents is 1. The topological polar surface area (TPSA) is 115 Å². The number of fused-ring (bicyclic) bond motifs is 8. The van der Waals surface area contributed by atoms with Crippen molar-refractivity contribution in [2.24, 2.45) is 23.2 Å². The van der Waals surface area contributed by atoms with Crippen LogP contribution in [0.25, 0.3) is 17.0 Å². The zero-order chi connectivity index (χ0) is 24.8. The molecule has 1 amide bonds. The summed E-state index contributed by atoms with van der Waals surface area (Å²) in [6, 6.07) is 7.10. The lowest BCUT2D eigenvalue weighted by atomic mass is 9.47. The third kappa shape index (κ3) is 2.82. The zero-order valence-corrected chi connectivity index (χ0v) is 20.6. The predicted molar refractivity (Wildman–Crippen MR) is 132 cm³/mol. The second-order valence-electron chi connectivity index (χ2n) is 11.8. The van der Waals surface area contributed by atoms with E-state index in [-0.39, 0.29) is 33.4 Å². The van der Waals surface area contributed by atoms with E-state index in [1.165, 1.54) is 12.4 Å². The molecule has 9 heteroatoms. The monoisotopic (exact) mass is 486 g/mol. The maximum Gasteiger partial charge on any atom is 0.270 e. The maximum absolute atomic E-state index is 12.2. The minimum absolute atomic E-state index is 0.0682. The van der Waals surface area contributed by atoms with Gasteiger partial charge < -0.3 is 5.32 Å². The first-order chi connectivity index (χ1) is 17.3. The van der Waals surface area contributed by atoms with Crippen LogP contribution in [0.4, 0.5) is 5.69 Å². The highest BCUT2D eigenvalue weighted by Gasteiger charge is 2.60.